The van der Waals surface area contributed by atoms with Crippen molar-refractivity contribution in [2.75, 3.05) is 18.7 Å². The van der Waals surface area contributed by atoms with Crippen molar-refractivity contribution in [2.24, 2.45) is 0 Å². The van der Waals surface area contributed by atoms with E-state index in [-0.39, 0.29) is 6.79 Å². The third-order valence-corrected chi connectivity index (χ3v) is 3.85. The Morgan fingerprint density at radius 2 is 1.91 bits per heavy atom. The standard InChI is InChI=1S/C16H14ClN3O2/c17-11-3-1-10(2-4-11)5-6-18-16-19-12-7-14-15(22-9-21-14)8-13(12)20-16/h1-4,7-8H,5-6,9H2,(H2,18,19,20). The first-order chi connectivity index (χ1) is 10.8. The second kappa shape index (κ2) is 5.42. The van der Waals surface area contributed by atoms with Gasteiger partial charge in [0.2, 0.25) is 12.7 Å². The Kier molecular flexibility index (Phi) is 3.27. The molecule has 0 fully saturated rings. The van der Waals surface area contributed by atoms with E-state index in [4.69, 9.17) is 21.1 Å². The molecule has 3 aromatic rings. The lowest BCUT2D eigenvalue weighted by Crippen LogP contribution is -2.05. The van der Waals surface area contributed by atoms with E-state index in [1.807, 2.05) is 36.4 Å². The Labute approximate surface area is 132 Å². The summed E-state index contributed by atoms with van der Waals surface area (Å²) < 4.78 is 10.7. The highest BCUT2D eigenvalue weighted by molar-refractivity contribution is 6.30. The van der Waals surface area contributed by atoms with Crippen LogP contribution in [0.15, 0.2) is 36.4 Å². The van der Waals surface area contributed by atoms with E-state index in [9.17, 15) is 0 Å². The van der Waals surface area contributed by atoms with Crippen LogP contribution in [0.4, 0.5) is 5.95 Å². The van der Waals surface area contributed by atoms with E-state index < -0.39 is 0 Å². The molecule has 5 nitrogen and oxygen atoms in total. The smallest absolute Gasteiger partial charge is 0.231 e. The number of aromatic nitrogens is 2. The van der Waals surface area contributed by atoms with Gasteiger partial charge >= 0.3 is 0 Å². The van der Waals surface area contributed by atoms with Crippen molar-refractivity contribution in [1.82, 2.24) is 9.97 Å². The summed E-state index contributed by atoms with van der Waals surface area (Å²) in [6.45, 7) is 1.06. The van der Waals surface area contributed by atoms with E-state index in [2.05, 4.69) is 15.3 Å². The number of ether oxygens (including phenoxy) is 2. The molecule has 2 heterocycles. The minimum atomic E-state index is 0.272. The van der Waals surface area contributed by atoms with Gasteiger partial charge in [0.15, 0.2) is 11.5 Å². The van der Waals surface area contributed by atoms with Crippen LogP contribution in [0, 0.1) is 0 Å². The van der Waals surface area contributed by atoms with Crippen LogP contribution in [-0.2, 0) is 6.42 Å². The first kappa shape index (κ1) is 13.3. The van der Waals surface area contributed by atoms with Gasteiger partial charge in [-0.05, 0) is 24.1 Å². The third-order valence-electron chi connectivity index (χ3n) is 3.60. The van der Waals surface area contributed by atoms with Gasteiger partial charge in [-0.25, -0.2) is 4.98 Å². The van der Waals surface area contributed by atoms with Gasteiger partial charge in [0, 0.05) is 23.7 Å². The van der Waals surface area contributed by atoms with Crippen molar-refractivity contribution in [3.63, 3.8) is 0 Å². The van der Waals surface area contributed by atoms with E-state index >= 15 is 0 Å². The first-order valence-corrected chi connectivity index (χ1v) is 7.43. The van der Waals surface area contributed by atoms with Crippen LogP contribution in [-0.4, -0.2) is 23.3 Å². The minimum absolute atomic E-state index is 0.272. The number of benzene rings is 2. The van der Waals surface area contributed by atoms with Crippen LogP contribution < -0.4 is 14.8 Å². The van der Waals surface area contributed by atoms with Crippen molar-refractivity contribution in [3.8, 4) is 11.5 Å². The zero-order valence-electron chi connectivity index (χ0n) is 11.7. The molecule has 1 aromatic heterocycles. The van der Waals surface area contributed by atoms with Crippen molar-refractivity contribution in [3.05, 3.63) is 47.0 Å². The summed E-state index contributed by atoms with van der Waals surface area (Å²) in [6, 6.07) is 11.7. The number of hydrogen-bond acceptors (Lipinski definition) is 4. The van der Waals surface area contributed by atoms with Crippen LogP contribution in [0.2, 0.25) is 5.02 Å². The molecule has 6 heteroatoms. The molecule has 0 atom stereocenters. The maximum atomic E-state index is 5.88. The maximum Gasteiger partial charge on any atom is 0.231 e. The molecular weight excluding hydrogens is 302 g/mol. The second-order valence-electron chi connectivity index (χ2n) is 5.11. The summed E-state index contributed by atoms with van der Waals surface area (Å²) in [4.78, 5) is 7.75. The SMILES string of the molecule is Clc1ccc(CCNc2nc3cc4c(cc3[nH]2)OCO4)cc1. The number of fused-ring (bicyclic) bond motifs is 2. The lowest BCUT2D eigenvalue weighted by atomic mass is 10.1. The number of imidazole rings is 1. The minimum Gasteiger partial charge on any atom is -0.454 e. The molecule has 0 aliphatic carbocycles. The molecule has 0 spiro atoms. The lowest BCUT2D eigenvalue weighted by molar-refractivity contribution is 0.174. The molecule has 4 rings (SSSR count). The lowest BCUT2D eigenvalue weighted by Gasteiger charge is -2.03. The molecule has 0 bridgehead atoms. The summed E-state index contributed by atoms with van der Waals surface area (Å²) in [5, 5.41) is 4.05. The molecular formula is C16H14ClN3O2. The molecule has 112 valence electrons. The molecule has 1 aliphatic heterocycles. The highest BCUT2D eigenvalue weighted by atomic mass is 35.5. The van der Waals surface area contributed by atoms with Crippen LogP contribution in [0.25, 0.3) is 11.0 Å². The Balaban J connectivity index is 1.44. The third kappa shape index (κ3) is 2.55. The maximum absolute atomic E-state index is 5.88. The van der Waals surface area contributed by atoms with Crippen LogP contribution in [0.3, 0.4) is 0 Å². The predicted molar refractivity (Wildman–Crippen MR) is 85.9 cm³/mol. The Morgan fingerprint density at radius 3 is 2.73 bits per heavy atom. The number of nitrogens with zero attached hydrogens (tertiary/aromatic N) is 1. The quantitative estimate of drug-likeness (QED) is 0.772. The van der Waals surface area contributed by atoms with Gasteiger partial charge in [0.1, 0.15) is 0 Å². The highest BCUT2D eigenvalue weighted by Gasteiger charge is 2.16. The molecule has 0 amide bonds. The zero-order valence-corrected chi connectivity index (χ0v) is 12.5. The fourth-order valence-electron chi connectivity index (χ4n) is 2.46. The second-order valence-corrected chi connectivity index (χ2v) is 5.55. The van der Waals surface area contributed by atoms with Crippen LogP contribution in [0.5, 0.6) is 11.5 Å². The monoisotopic (exact) mass is 315 g/mol. The molecule has 1 aliphatic rings. The summed E-state index contributed by atoms with van der Waals surface area (Å²) in [7, 11) is 0. The van der Waals surface area contributed by atoms with Gasteiger partial charge in [-0.2, -0.15) is 0 Å². The number of rotatable bonds is 4. The number of aromatic amines is 1. The summed E-state index contributed by atoms with van der Waals surface area (Å²) in [6.07, 6.45) is 0.900. The average molecular weight is 316 g/mol. The zero-order chi connectivity index (χ0) is 14.9. The van der Waals surface area contributed by atoms with Crippen molar-refractivity contribution < 1.29 is 9.47 Å². The van der Waals surface area contributed by atoms with Gasteiger partial charge in [0.05, 0.1) is 11.0 Å². The molecule has 2 aromatic carbocycles. The fourth-order valence-corrected chi connectivity index (χ4v) is 2.59. The Bertz CT molecular complexity index is 773. The van der Waals surface area contributed by atoms with E-state index in [1.165, 1.54) is 5.56 Å². The van der Waals surface area contributed by atoms with Crippen molar-refractivity contribution >= 4 is 28.6 Å². The van der Waals surface area contributed by atoms with E-state index in [1.54, 1.807) is 0 Å². The summed E-state index contributed by atoms with van der Waals surface area (Å²) in [5.41, 5.74) is 3.02. The highest BCUT2D eigenvalue weighted by Crippen LogP contribution is 2.35. The number of nitrogens with one attached hydrogen (secondary N) is 2. The number of H-pyrrole nitrogens is 1. The summed E-state index contributed by atoms with van der Waals surface area (Å²) in [5.74, 6) is 2.24. The number of halogens is 1. The number of anilines is 1. The van der Waals surface area contributed by atoms with Gasteiger partial charge < -0.3 is 19.8 Å². The van der Waals surface area contributed by atoms with Gasteiger partial charge in [-0.15, -0.1) is 0 Å². The molecule has 0 saturated carbocycles. The van der Waals surface area contributed by atoms with Crippen molar-refractivity contribution in [1.29, 1.82) is 0 Å². The van der Waals surface area contributed by atoms with Crippen LogP contribution in [0.1, 0.15) is 5.56 Å². The molecule has 0 saturated heterocycles. The Hall–Kier alpha value is -2.40. The topological polar surface area (TPSA) is 59.2 Å². The normalized spacial score (nSPS) is 12.8. The molecule has 2 N–H and O–H groups in total. The fraction of sp³-hybridized carbons (Fsp3) is 0.188. The summed E-state index contributed by atoms with van der Waals surface area (Å²) >= 11 is 5.88. The predicted octanol–water partition coefficient (Wildman–Crippen LogP) is 3.60. The molecule has 22 heavy (non-hydrogen) atoms. The molecule has 0 unspecified atom stereocenters. The largest absolute Gasteiger partial charge is 0.454 e. The van der Waals surface area contributed by atoms with E-state index in [0.29, 0.717) is 0 Å². The van der Waals surface area contributed by atoms with Crippen molar-refractivity contribution in [2.45, 2.75) is 6.42 Å². The van der Waals surface area contributed by atoms with Gasteiger partial charge in [-0.3, -0.25) is 0 Å². The van der Waals surface area contributed by atoms with Crippen LogP contribution >= 0.6 is 11.6 Å². The van der Waals surface area contributed by atoms with Gasteiger partial charge in [0.25, 0.3) is 0 Å². The van der Waals surface area contributed by atoms with Gasteiger partial charge in [-0.1, -0.05) is 23.7 Å². The average Bonchev–Trinajstić information content (AvgIpc) is 3.12. The number of hydrogen-bond donors (Lipinski definition) is 2. The molecule has 0 radical (unpaired) electrons. The first-order valence-electron chi connectivity index (χ1n) is 7.05. The Morgan fingerprint density at radius 1 is 1.14 bits per heavy atom. The van der Waals surface area contributed by atoms with E-state index in [0.717, 1.165) is 46.5 Å².